The molecule has 1 N–H and O–H groups in total. The first-order valence-corrected chi connectivity index (χ1v) is 8.93. The molecule has 0 aliphatic carbocycles. The molecule has 0 saturated carbocycles. The Bertz CT molecular complexity index is 784. The molecule has 0 spiro atoms. The van der Waals surface area contributed by atoms with Crippen LogP contribution < -0.4 is 5.32 Å². The maximum atomic E-state index is 12.6. The molecular weight excluding hydrogens is 346 g/mol. The molecule has 2 amide bonds. The van der Waals surface area contributed by atoms with Gasteiger partial charge in [0, 0.05) is 44.3 Å². The van der Waals surface area contributed by atoms with Gasteiger partial charge in [-0.2, -0.15) is 0 Å². The lowest BCUT2D eigenvalue weighted by Crippen LogP contribution is -2.50. The van der Waals surface area contributed by atoms with Crippen LogP contribution in [-0.4, -0.2) is 64.6 Å². The van der Waals surface area contributed by atoms with Crippen molar-refractivity contribution in [1.29, 1.82) is 0 Å². The summed E-state index contributed by atoms with van der Waals surface area (Å²) in [6, 6.07) is 7.88. The molecule has 1 aromatic heterocycles. The molecule has 8 nitrogen and oxygen atoms in total. The van der Waals surface area contributed by atoms with Crippen molar-refractivity contribution < 1.29 is 14.3 Å². The summed E-state index contributed by atoms with van der Waals surface area (Å²) in [5.41, 5.74) is 2.48. The van der Waals surface area contributed by atoms with Gasteiger partial charge in [0.05, 0.1) is 12.2 Å². The van der Waals surface area contributed by atoms with Gasteiger partial charge >= 0.3 is 6.09 Å². The quantitative estimate of drug-likeness (QED) is 0.891. The Morgan fingerprint density at radius 3 is 2.22 bits per heavy atom. The zero-order chi connectivity index (χ0) is 19.2. The van der Waals surface area contributed by atoms with E-state index in [1.165, 1.54) is 18.0 Å². The first kappa shape index (κ1) is 18.6. The molecule has 1 aliphatic heterocycles. The molecule has 3 rings (SSSR count). The lowest BCUT2D eigenvalue weighted by molar-refractivity contribution is 0.0570. The maximum absolute atomic E-state index is 12.6. The van der Waals surface area contributed by atoms with Gasteiger partial charge in [0.2, 0.25) is 5.95 Å². The maximum Gasteiger partial charge on any atom is 0.409 e. The average molecular weight is 369 g/mol. The lowest BCUT2D eigenvalue weighted by Gasteiger charge is -2.33. The third kappa shape index (κ3) is 4.72. The van der Waals surface area contributed by atoms with Crippen LogP contribution in [0.1, 0.15) is 22.8 Å². The Labute approximate surface area is 158 Å². The molecule has 27 heavy (non-hydrogen) atoms. The zero-order valence-electron chi connectivity index (χ0n) is 15.5. The fourth-order valence-corrected chi connectivity index (χ4v) is 2.76. The van der Waals surface area contributed by atoms with Crippen LogP contribution in [0.2, 0.25) is 0 Å². The van der Waals surface area contributed by atoms with Crippen molar-refractivity contribution in [2.75, 3.05) is 38.1 Å². The summed E-state index contributed by atoms with van der Waals surface area (Å²) in [5, 5.41) is 3.10. The predicted octanol–water partition coefficient (Wildman–Crippen LogP) is 2.44. The highest BCUT2D eigenvalue weighted by Gasteiger charge is 2.25. The summed E-state index contributed by atoms with van der Waals surface area (Å²) in [6.45, 7) is 5.97. The Hall–Kier alpha value is -3.16. The summed E-state index contributed by atoms with van der Waals surface area (Å²) < 4.78 is 4.99. The molecular formula is C19H23N5O3. The molecule has 0 bridgehead atoms. The van der Waals surface area contributed by atoms with Crippen LogP contribution in [-0.2, 0) is 4.74 Å². The smallest absolute Gasteiger partial charge is 0.409 e. The van der Waals surface area contributed by atoms with E-state index in [4.69, 9.17) is 4.74 Å². The van der Waals surface area contributed by atoms with Crippen LogP contribution in [0.4, 0.5) is 16.4 Å². The number of aromatic nitrogens is 2. The minimum absolute atomic E-state index is 0.139. The number of ether oxygens (including phenoxy) is 1. The van der Waals surface area contributed by atoms with E-state index < -0.39 is 0 Å². The SMILES string of the molecule is CCOC(=O)N1CCN(C(=O)c2cnc(Nc3ccc(C)cc3)nc2)CC1. The van der Waals surface area contributed by atoms with Crippen molar-refractivity contribution in [2.24, 2.45) is 0 Å². The topological polar surface area (TPSA) is 87.7 Å². The normalized spacial score (nSPS) is 14.0. The van der Waals surface area contributed by atoms with Gasteiger partial charge in [-0.1, -0.05) is 17.7 Å². The second kappa shape index (κ2) is 8.48. The Kier molecular flexibility index (Phi) is 5.85. The molecule has 2 aromatic rings. The van der Waals surface area contributed by atoms with E-state index >= 15 is 0 Å². The van der Waals surface area contributed by atoms with Crippen molar-refractivity contribution in [3.63, 3.8) is 0 Å². The average Bonchev–Trinajstić information content (AvgIpc) is 2.70. The number of carbonyl (C=O) groups excluding carboxylic acids is 2. The summed E-state index contributed by atoms with van der Waals surface area (Å²) in [7, 11) is 0. The number of benzene rings is 1. The van der Waals surface area contributed by atoms with Crippen molar-refractivity contribution in [3.8, 4) is 0 Å². The highest BCUT2D eigenvalue weighted by atomic mass is 16.6. The summed E-state index contributed by atoms with van der Waals surface area (Å²) >= 11 is 0. The third-order valence-corrected chi connectivity index (χ3v) is 4.30. The molecule has 2 heterocycles. The summed E-state index contributed by atoms with van der Waals surface area (Å²) in [6.07, 6.45) is 2.70. The summed E-state index contributed by atoms with van der Waals surface area (Å²) in [4.78, 5) is 36.1. The number of anilines is 2. The van der Waals surface area contributed by atoms with E-state index in [9.17, 15) is 9.59 Å². The predicted molar refractivity (Wildman–Crippen MR) is 101 cm³/mol. The van der Waals surface area contributed by atoms with Gasteiger partial charge in [-0.15, -0.1) is 0 Å². The number of hydrogen-bond donors (Lipinski definition) is 1. The highest BCUT2D eigenvalue weighted by molar-refractivity contribution is 5.93. The molecule has 142 valence electrons. The van der Waals surface area contributed by atoms with Gasteiger partial charge in [0.1, 0.15) is 0 Å². The van der Waals surface area contributed by atoms with Gasteiger partial charge in [0.25, 0.3) is 5.91 Å². The number of nitrogens with one attached hydrogen (secondary N) is 1. The number of rotatable bonds is 4. The fraction of sp³-hybridized carbons (Fsp3) is 0.368. The minimum atomic E-state index is -0.334. The second-order valence-electron chi connectivity index (χ2n) is 6.26. The number of piperazine rings is 1. The Morgan fingerprint density at radius 2 is 1.63 bits per heavy atom. The van der Waals surface area contributed by atoms with Gasteiger partial charge in [-0.3, -0.25) is 4.79 Å². The molecule has 1 saturated heterocycles. The zero-order valence-corrected chi connectivity index (χ0v) is 15.5. The van der Waals surface area contributed by atoms with E-state index in [0.29, 0.717) is 44.3 Å². The van der Waals surface area contributed by atoms with E-state index in [0.717, 1.165) is 5.69 Å². The minimum Gasteiger partial charge on any atom is -0.450 e. The second-order valence-corrected chi connectivity index (χ2v) is 6.26. The number of nitrogens with zero attached hydrogens (tertiary/aromatic N) is 4. The van der Waals surface area contributed by atoms with Crippen LogP contribution >= 0.6 is 0 Å². The number of amides is 2. The van der Waals surface area contributed by atoms with Crippen LogP contribution in [0.15, 0.2) is 36.7 Å². The van der Waals surface area contributed by atoms with Gasteiger partial charge in [0.15, 0.2) is 0 Å². The van der Waals surface area contributed by atoms with Crippen molar-refractivity contribution in [2.45, 2.75) is 13.8 Å². The highest BCUT2D eigenvalue weighted by Crippen LogP contribution is 2.14. The standard InChI is InChI=1S/C19H23N5O3/c1-3-27-19(26)24-10-8-23(9-11-24)17(25)15-12-20-18(21-13-15)22-16-6-4-14(2)5-7-16/h4-7,12-13H,3,8-11H2,1-2H3,(H,20,21,22). The number of hydrogen-bond acceptors (Lipinski definition) is 6. The fourth-order valence-electron chi connectivity index (χ4n) is 2.76. The van der Waals surface area contributed by atoms with Crippen LogP contribution in [0.5, 0.6) is 0 Å². The largest absolute Gasteiger partial charge is 0.450 e. The molecule has 8 heteroatoms. The molecule has 0 atom stereocenters. The van der Waals surface area contributed by atoms with Gasteiger partial charge in [-0.05, 0) is 26.0 Å². The van der Waals surface area contributed by atoms with E-state index in [1.807, 2.05) is 31.2 Å². The van der Waals surface area contributed by atoms with E-state index in [1.54, 1.807) is 16.7 Å². The molecule has 0 radical (unpaired) electrons. The third-order valence-electron chi connectivity index (χ3n) is 4.30. The van der Waals surface area contributed by atoms with Gasteiger partial charge < -0.3 is 19.9 Å². The van der Waals surface area contributed by atoms with Crippen molar-refractivity contribution in [3.05, 3.63) is 47.8 Å². The Balaban J connectivity index is 1.56. The monoisotopic (exact) mass is 369 g/mol. The van der Waals surface area contributed by atoms with Crippen molar-refractivity contribution >= 4 is 23.6 Å². The van der Waals surface area contributed by atoms with Crippen LogP contribution in [0, 0.1) is 6.92 Å². The van der Waals surface area contributed by atoms with Crippen LogP contribution in [0.3, 0.4) is 0 Å². The van der Waals surface area contributed by atoms with Crippen LogP contribution in [0.25, 0.3) is 0 Å². The Morgan fingerprint density at radius 1 is 1.04 bits per heavy atom. The molecule has 1 fully saturated rings. The summed E-state index contributed by atoms with van der Waals surface area (Å²) in [5.74, 6) is 0.294. The molecule has 1 aromatic carbocycles. The van der Waals surface area contributed by atoms with E-state index in [2.05, 4.69) is 15.3 Å². The molecule has 1 aliphatic rings. The van der Waals surface area contributed by atoms with E-state index in [-0.39, 0.29) is 12.0 Å². The number of carbonyl (C=O) groups is 2. The van der Waals surface area contributed by atoms with Crippen molar-refractivity contribution in [1.82, 2.24) is 19.8 Å². The first-order valence-electron chi connectivity index (χ1n) is 8.93. The number of aryl methyl sites for hydroxylation is 1. The lowest BCUT2D eigenvalue weighted by atomic mass is 10.2. The first-order chi connectivity index (χ1) is 13.1. The molecule has 0 unspecified atom stereocenters. The van der Waals surface area contributed by atoms with Gasteiger partial charge in [-0.25, -0.2) is 14.8 Å².